The first-order valence-corrected chi connectivity index (χ1v) is 6.87. The van der Waals surface area contributed by atoms with E-state index in [2.05, 4.69) is 25.2 Å². The van der Waals surface area contributed by atoms with Crippen molar-refractivity contribution in [3.05, 3.63) is 21.4 Å². The Balaban J connectivity index is 2.12. The number of thiophene rings is 1. The fourth-order valence-corrected chi connectivity index (χ4v) is 2.62. The molecule has 0 radical (unpaired) electrons. The molecular weight excluding hydrogens is 234 g/mol. The Bertz CT molecular complexity index is 360. The molecule has 0 saturated heterocycles. The predicted molar refractivity (Wildman–Crippen MR) is 71.4 cm³/mol. The number of carbonyl (C=O) groups excluding carboxylic acids is 1. The van der Waals surface area contributed by atoms with Crippen LogP contribution in [0.3, 0.4) is 0 Å². The van der Waals surface area contributed by atoms with E-state index >= 15 is 0 Å². The van der Waals surface area contributed by atoms with Gasteiger partial charge in [0.25, 0.3) is 0 Å². The second-order valence-electron chi connectivity index (χ2n) is 4.02. The fraction of sp³-hybridized carbons (Fsp3) is 0.615. The van der Waals surface area contributed by atoms with E-state index in [0.717, 1.165) is 19.5 Å². The summed E-state index contributed by atoms with van der Waals surface area (Å²) in [6.07, 6.45) is 1.34. The average molecular weight is 255 g/mol. The highest BCUT2D eigenvalue weighted by atomic mass is 32.1. The van der Waals surface area contributed by atoms with Crippen LogP contribution in [0.1, 0.15) is 35.1 Å². The van der Waals surface area contributed by atoms with Crippen LogP contribution < -0.4 is 5.32 Å². The molecule has 1 aromatic rings. The van der Waals surface area contributed by atoms with Crippen LogP contribution in [0.4, 0.5) is 0 Å². The number of nitrogens with one attached hydrogen (secondary N) is 1. The summed E-state index contributed by atoms with van der Waals surface area (Å²) in [5.41, 5.74) is 1.36. The van der Waals surface area contributed by atoms with Gasteiger partial charge in [-0.15, -0.1) is 11.3 Å². The SMILES string of the molecule is CCOC(=O)CCCNCc1cc(C)sc1C. The lowest BCUT2D eigenvalue weighted by molar-refractivity contribution is -0.143. The van der Waals surface area contributed by atoms with Gasteiger partial charge in [0.15, 0.2) is 0 Å². The van der Waals surface area contributed by atoms with E-state index in [1.807, 2.05) is 18.3 Å². The number of ether oxygens (including phenoxy) is 1. The second-order valence-corrected chi connectivity index (χ2v) is 5.48. The van der Waals surface area contributed by atoms with Crippen LogP contribution in [0.25, 0.3) is 0 Å². The zero-order valence-electron chi connectivity index (χ0n) is 10.8. The predicted octanol–water partition coefficient (Wildman–Crippen LogP) is 2.80. The van der Waals surface area contributed by atoms with Gasteiger partial charge < -0.3 is 10.1 Å². The van der Waals surface area contributed by atoms with Gasteiger partial charge in [0.05, 0.1) is 6.61 Å². The maximum Gasteiger partial charge on any atom is 0.305 e. The molecule has 0 fully saturated rings. The molecule has 0 amide bonds. The van der Waals surface area contributed by atoms with Crippen LogP contribution in [-0.2, 0) is 16.1 Å². The van der Waals surface area contributed by atoms with Crippen molar-refractivity contribution in [1.82, 2.24) is 5.32 Å². The van der Waals surface area contributed by atoms with Gasteiger partial charge in [-0.25, -0.2) is 0 Å². The van der Waals surface area contributed by atoms with E-state index < -0.39 is 0 Å². The van der Waals surface area contributed by atoms with Gasteiger partial charge in [-0.1, -0.05) is 0 Å². The van der Waals surface area contributed by atoms with Crippen molar-refractivity contribution in [3.8, 4) is 0 Å². The molecule has 0 saturated carbocycles. The number of rotatable bonds is 7. The molecule has 17 heavy (non-hydrogen) atoms. The zero-order valence-corrected chi connectivity index (χ0v) is 11.7. The summed E-state index contributed by atoms with van der Waals surface area (Å²) in [5.74, 6) is -0.100. The molecule has 3 nitrogen and oxygen atoms in total. The highest BCUT2D eigenvalue weighted by Crippen LogP contribution is 2.20. The Hall–Kier alpha value is -0.870. The van der Waals surface area contributed by atoms with Crippen molar-refractivity contribution in [3.63, 3.8) is 0 Å². The van der Waals surface area contributed by atoms with Gasteiger partial charge in [0.2, 0.25) is 0 Å². The van der Waals surface area contributed by atoms with E-state index in [4.69, 9.17) is 4.74 Å². The first-order chi connectivity index (χ1) is 8.13. The van der Waals surface area contributed by atoms with Crippen molar-refractivity contribution in [2.24, 2.45) is 0 Å². The smallest absolute Gasteiger partial charge is 0.305 e. The number of hydrogen-bond donors (Lipinski definition) is 1. The van der Waals surface area contributed by atoms with Crippen LogP contribution >= 0.6 is 11.3 Å². The van der Waals surface area contributed by atoms with Gasteiger partial charge in [0.1, 0.15) is 0 Å². The first kappa shape index (κ1) is 14.2. The number of aryl methyl sites for hydroxylation is 2. The van der Waals surface area contributed by atoms with E-state index in [1.54, 1.807) is 0 Å². The maximum absolute atomic E-state index is 11.1. The fourth-order valence-electron chi connectivity index (χ4n) is 1.67. The monoisotopic (exact) mass is 255 g/mol. The summed E-state index contributed by atoms with van der Waals surface area (Å²) in [7, 11) is 0. The summed E-state index contributed by atoms with van der Waals surface area (Å²) < 4.78 is 4.86. The van der Waals surface area contributed by atoms with Gasteiger partial charge in [-0.2, -0.15) is 0 Å². The Morgan fingerprint density at radius 1 is 1.47 bits per heavy atom. The second kappa shape index (κ2) is 7.45. The summed E-state index contributed by atoms with van der Waals surface area (Å²) in [6, 6.07) is 2.22. The van der Waals surface area contributed by atoms with Gasteiger partial charge in [-0.3, -0.25) is 4.79 Å². The summed E-state index contributed by atoms with van der Waals surface area (Å²) in [6.45, 7) is 8.32. The highest BCUT2D eigenvalue weighted by molar-refractivity contribution is 7.12. The molecule has 96 valence electrons. The lowest BCUT2D eigenvalue weighted by Gasteiger charge is -2.04. The van der Waals surface area contributed by atoms with Crippen molar-refractivity contribution in [2.75, 3.05) is 13.2 Å². The minimum Gasteiger partial charge on any atom is -0.466 e. The Labute approximate surface area is 107 Å². The molecule has 0 aliphatic rings. The highest BCUT2D eigenvalue weighted by Gasteiger charge is 2.03. The van der Waals surface area contributed by atoms with Crippen LogP contribution in [0, 0.1) is 13.8 Å². The molecule has 0 bridgehead atoms. The Kier molecular flexibility index (Phi) is 6.22. The normalized spacial score (nSPS) is 10.5. The molecule has 0 atom stereocenters. The Morgan fingerprint density at radius 2 is 2.24 bits per heavy atom. The Morgan fingerprint density at radius 3 is 2.82 bits per heavy atom. The third kappa shape index (κ3) is 5.33. The molecule has 0 spiro atoms. The number of hydrogen-bond acceptors (Lipinski definition) is 4. The zero-order chi connectivity index (χ0) is 12.7. The molecule has 0 aliphatic carbocycles. The van der Waals surface area contributed by atoms with Crippen molar-refractivity contribution >= 4 is 17.3 Å². The summed E-state index contributed by atoms with van der Waals surface area (Å²) >= 11 is 1.83. The maximum atomic E-state index is 11.1. The molecule has 4 heteroatoms. The molecule has 1 heterocycles. The quantitative estimate of drug-likeness (QED) is 0.601. The van der Waals surface area contributed by atoms with Crippen LogP contribution in [0.5, 0.6) is 0 Å². The van der Waals surface area contributed by atoms with E-state index in [1.165, 1.54) is 15.3 Å². The topological polar surface area (TPSA) is 38.3 Å². The summed E-state index contributed by atoms with van der Waals surface area (Å²) in [4.78, 5) is 13.8. The van der Waals surface area contributed by atoms with E-state index in [-0.39, 0.29) is 5.97 Å². The number of carbonyl (C=O) groups is 1. The van der Waals surface area contributed by atoms with Crippen LogP contribution in [0.2, 0.25) is 0 Å². The van der Waals surface area contributed by atoms with Crippen molar-refractivity contribution in [1.29, 1.82) is 0 Å². The molecular formula is C13H21NO2S. The third-order valence-electron chi connectivity index (χ3n) is 2.50. The van der Waals surface area contributed by atoms with E-state index in [0.29, 0.717) is 13.0 Å². The molecule has 1 rings (SSSR count). The van der Waals surface area contributed by atoms with Gasteiger partial charge in [0, 0.05) is 22.7 Å². The van der Waals surface area contributed by atoms with Gasteiger partial charge in [-0.05, 0) is 45.4 Å². The van der Waals surface area contributed by atoms with Crippen molar-refractivity contribution in [2.45, 2.75) is 40.2 Å². The van der Waals surface area contributed by atoms with Crippen LogP contribution in [-0.4, -0.2) is 19.1 Å². The first-order valence-electron chi connectivity index (χ1n) is 6.05. The molecule has 1 aromatic heterocycles. The lowest BCUT2D eigenvalue weighted by atomic mass is 10.2. The molecule has 0 aliphatic heterocycles. The van der Waals surface area contributed by atoms with Crippen LogP contribution in [0.15, 0.2) is 6.07 Å². The molecule has 1 N–H and O–H groups in total. The van der Waals surface area contributed by atoms with E-state index in [9.17, 15) is 4.79 Å². The van der Waals surface area contributed by atoms with Gasteiger partial charge >= 0.3 is 5.97 Å². The standard InChI is InChI=1S/C13H21NO2S/c1-4-16-13(15)6-5-7-14-9-12-8-10(2)17-11(12)3/h8,14H,4-7,9H2,1-3H3. The minimum absolute atomic E-state index is 0.100. The molecule has 0 unspecified atom stereocenters. The largest absolute Gasteiger partial charge is 0.466 e. The third-order valence-corrected chi connectivity index (χ3v) is 3.51. The van der Waals surface area contributed by atoms with Crippen molar-refractivity contribution < 1.29 is 9.53 Å². The lowest BCUT2D eigenvalue weighted by Crippen LogP contribution is -2.16. The minimum atomic E-state index is -0.100. The average Bonchev–Trinajstić information content (AvgIpc) is 2.57. The number of esters is 1. The molecule has 0 aromatic carbocycles. The summed E-state index contributed by atoms with van der Waals surface area (Å²) in [5, 5.41) is 3.35.